The number of hydrogen-bond acceptors (Lipinski definition) is 2. The van der Waals surface area contributed by atoms with Crippen LogP contribution >= 0.6 is 0 Å². The standard InChI is InChI=1S/C10H12N2O/c1-2-9-8(7-13)10-5-3-4-6-12(10)11-9/h3-6,13H,2,7H2,1H3. The number of pyridine rings is 1. The van der Waals surface area contributed by atoms with Crippen LogP contribution in [0.25, 0.3) is 5.52 Å². The first-order valence-corrected chi connectivity index (χ1v) is 4.42. The van der Waals surface area contributed by atoms with Gasteiger partial charge in [0.2, 0.25) is 0 Å². The van der Waals surface area contributed by atoms with Crippen LogP contribution in [-0.2, 0) is 13.0 Å². The maximum absolute atomic E-state index is 9.18. The van der Waals surface area contributed by atoms with Crippen molar-refractivity contribution >= 4 is 5.52 Å². The quantitative estimate of drug-likeness (QED) is 0.750. The molecule has 0 atom stereocenters. The molecule has 2 aromatic heterocycles. The predicted octanol–water partition coefficient (Wildman–Crippen LogP) is 1.39. The zero-order valence-corrected chi connectivity index (χ0v) is 7.57. The molecule has 0 aliphatic carbocycles. The van der Waals surface area contributed by atoms with E-state index in [0.717, 1.165) is 23.2 Å². The second-order valence-corrected chi connectivity index (χ2v) is 2.97. The van der Waals surface area contributed by atoms with E-state index in [1.165, 1.54) is 0 Å². The van der Waals surface area contributed by atoms with Gasteiger partial charge in [0.15, 0.2) is 0 Å². The Morgan fingerprint density at radius 1 is 1.46 bits per heavy atom. The van der Waals surface area contributed by atoms with Crippen molar-refractivity contribution in [3.63, 3.8) is 0 Å². The average molecular weight is 176 g/mol. The van der Waals surface area contributed by atoms with Crippen molar-refractivity contribution in [1.29, 1.82) is 0 Å². The summed E-state index contributed by atoms with van der Waals surface area (Å²) >= 11 is 0. The minimum Gasteiger partial charge on any atom is -0.392 e. The van der Waals surface area contributed by atoms with Crippen molar-refractivity contribution in [2.24, 2.45) is 0 Å². The lowest BCUT2D eigenvalue weighted by Gasteiger charge is -1.94. The minimum absolute atomic E-state index is 0.0662. The maximum Gasteiger partial charge on any atom is 0.0721 e. The molecule has 68 valence electrons. The molecule has 0 saturated carbocycles. The number of nitrogens with zero attached hydrogens (tertiary/aromatic N) is 2. The van der Waals surface area contributed by atoms with Crippen molar-refractivity contribution in [2.75, 3.05) is 0 Å². The van der Waals surface area contributed by atoms with Gasteiger partial charge in [0.05, 0.1) is 17.8 Å². The summed E-state index contributed by atoms with van der Waals surface area (Å²) in [5.41, 5.74) is 2.93. The fourth-order valence-corrected chi connectivity index (χ4v) is 1.56. The summed E-state index contributed by atoms with van der Waals surface area (Å²) in [6.07, 6.45) is 2.76. The molecule has 2 aromatic rings. The van der Waals surface area contributed by atoms with E-state index < -0.39 is 0 Å². The summed E-state index contributed by atoms with van der Waals surface area (Å²) in [7, 11) is 0. The number of hydrogen-bond donors (Lipinski definition) is 1. The summed E-state index contributed by atoms with van der Waals surface area (Å²) in [5, 5.41) is 13.5. The Morgan fingerprint density at radius 2 is 2.31 bits per heavy atom. The molecule has 1 N–H and O–H groups in total. The third-order valence-corrected chi connectivity index (χ3v) is 2.22. The van der Waals surface area contributed by atoms with Crippen LogP contribution < -0.4 is 0 Å². The van der Waals surface area contributed by atoms with Gasteiger partial charge in [-0.3, -0.25) is 0 Å². The molecule has 2 heterocycles. The molecule has 0 saturated heterocycles. The first-order valence-electron chi connectivity index (χ1n) is 4.42. The molecule has 0 aromatic carbocycles. The number of rotatable bonds is 2. The highest BCUT2D eigenvalue weighted by molar-refractivity contribution is 5.56. The summed E-state index contributed by atoms with van der Waals surface area (Å²) in [4.78, 5) is 0. The molecule has 0 aliphatic rings. The summed E-state index contributed by atoms with van der Waals surface area (Å²) < 4.78 is 1.81. The molecule has 3 nitrogen and oxygen atoms in total. The summed E-state index contributed by atoms with van der Waals surface area (Å²) in [6.45, 7) is 2.11. The fourth-order valence-electron chi connectivity index (χ4n) is 1.56. The predicted molar refractivity (Wildman–Crippen MR) is 50.5 cm³/mol. The van der Waals surface area contributed by atoms with Crippen molar-refractivity contribution in [2.45, 2.75) is 20.0 Å². The van der Waals surface area contributed by atoms with Gasteiger partial charge in [0, 0.05) is 11.8 Å². The van der Waals surface area contributed by atoms with Crippen molar-refractivity contribution in [3.05, 3.63) is 35.7 Å². The third kappa shape index (κ3) is 1.21. The first kappa shape index (κ1) is 8.26. The zero-order valence-electron chi connectivity index (χ0n) is 7.57. The van der Waals surface area contributed by atoms with Gasteiger partial charge in [-0.1, -0.05) is 13.0 Å². The Hall–Kier alpha value is -1.35. The molecule has 0 bridgehead atoms. The van der Waals surface area contributed by atoms with Gasteiger partial charge in [-0.15, -0.1) is 0 Å². The van der Waals surface area contributed by atoms with Gasteiger partial charge in [0.1, 0.15) is 0 Å². The molecule has 2 rings (SSSR count). The molecule has 0 fully saturated rings. The van der Waals surface area contributed by atoms with Crippen LogP contribution in [0.15, 0.2) is 24.4 Å². The molecule has 3 heteroatoms. The topological polar surface area (TPSA) is 37.5 Å². The largest absolute Gasteiger partial charge is 0.392 e. The summed E-state index contributed by atoms with van der Waals surface area (Å²) in [6, 6.07) is 5.86. The highest BCUT2D eigenvalue weighted by Crippen LogP contribution is 2.15. The third-order valence-electron chi connectivity index (χ3n) is 2.22. The fraction of sp³-hybridized carbons (Fsp3) is 0.300. The molecule has 0 spiro atoms. The molecule has 0 radical (unpaired) electrons. The highest BCUT2D eigenvalue weighted by Gasteiger charge is 2.08. The number of aliphatic hydroxyl groups is 1. The molecule has 13 heavy (non-hydrogen) atoms. The van der Waals surface area contributed by atoms with E-state index in [-0.39, 0.29) is 6.61 Å². The Kier molecular flexibility index (Phi) is 2.02. The van der Waals surface area contributed by atoms with E-state index in [4.69, 9.17) is 0 Å². The molecule has 0 aliphatic heterocycles. The minimum atomic E-state index is 0.0662. The van der Waals surface area contributed by atoms with E-state index in [1.807, 2.05) is 35.8 Å². The highest BCUT2D eigenvalue weighted by atomic mass is 16.3. The molecule has 0 unspecified atom stereocenters. The van der Waals surface area contributed by atoms with Crippen molar-refractivity contribution < 1.29 is 5.11 Å². The first-order chi connectivity index (χ1) is 6.36. The van der Waals surface area contributed by atoms with E-state index in [2.05, 4.69) is 5.10 Å². The smallest absolute Gasteiger partial charge is 0.0721 e. The second-order valence-electron chi connectivity index (χ2n) is 2.97. The van der Waals surface area contributed by atoms with Gasteiger partial charge >= 0.3 is 0 Å². The Bertz CT molecular complexity index is 420. The van der Waals surface area contributed by atoms with Crippen LogP contribution in [0.1, 0.15) is 18.2 Å². The normalized spacial score (nSPS) is 10.9. The number of aryl methyl sites for hydroxylation is 1. The SMILES string of the molecule is CCc1nn2ccccc2c1CO. The van der Waals surface area contributed by atoms with E-state index in [1.54, 1.807) is 0 Å². The zero-order chi connectivity index (χ0) is 9.26. The van der Waals surface area contributed by atoms with Crippen molar-refractivity contribution in [3.8, 4) is 0 Å². The molecular formula is C10H12N2O. The second kappa shape index (κ2) is 3.18. The van der Waals surface area contributed by atoms with Crippen molar-refractivity contribution in [1.82, 2.24) is 9.61 Å². The van der Waals surface area contributed by atoms with Gasteiger partial charge < -0.3 is 5.11 Å². The number of aliphatic hydroxyl groups excluding tert-OH is 1. The van der Waals surface area contributed by atoms with E-state index in [0.29, 0.717) is 0 Å². The van der Waals surface area contributed by atoms with Crippen LogP contribution in [0, 0.1) is 0 Å². The lowest BCUT2D eigenvalue weighted by Crippen LogP contribution is -1.88. The lowest BCUT2D eigenvalue weighted by atomic mass is 10.2. The van der Waals surface area contributed by atoms with Crippen LogP contribution in [0.4, 0.5) is 0 Å². The monoisotopic (exact) mass is 176 g/mol. The maximum atomic E-state index is 9.18. The number of fused-ring (bicyclic) bond motifs is 1. The van der Waals surface area contributed by atoms with Gasteiger partial charge in [-0.05, 0) is 18.6 Å². The van der Waals surface area contributed by atoms with E-state index in [9.17, 15) is 5.11 Å². The van der Waals surface area contributed by atoms with Crippen LogP contribution in [0.2, 0.25) is 0 Å². The number of aromatic nitrogens is 2. The van der Waals surface area contributed by atoms with Crippen LogP contribution in [0.5, 0.6) is 0 Å². The lowest BCUT2D eigenvalue weighted by molar-refractivity contribution is 0.282. The van der Waals surface area contributed by atoms with Crippen LogP contribution in [-0.4, -0.2) is 14.7 Å². The van der Waals surface area contributed by atoms with Gasteiger partial charge in [-0.25, -0.2) is 4.52 Å². The van der Waals surface area contributed by atoms with E-state index >= 15 is 0 Å². The Balaban J connectivity index is 2.73. The summed E-state index contributed by atoms with van der Waals surface area (Å²) in [5.74, 6) is 0. The molecular weight excluding hydrogens is 164 g/mol. The Morgan fingerprint density at radius 3 is 3.00 bits per heavy atom. The van der Waals surface area contributed by atoms with Crippen LogP contribution in [0.3, 0.4) is 0 Å². The Labute approximate surface area is 76.6 Å². The van der Waals surface area contributed by atoms with Gasteiger partial charge in [0.25, 0.3) is 0 Å². The molecule has 0 amide bonds. The van der Waals surface area contributed by atoms with Gasteiger partial charge in [-0.2, -0.15) is 5.10 Å². The average Bonchev–Trinajstić information content (AvgIpc) is 2.55.